The first kappa shape index (κ1) is 9.24. The van der Waals surface area contributed by atoms with Crippen LogP contribution >= 0.6 is 0 Å². The molecule has 4 heteroatoms. The van der Waals surface area contributed by atoms with Crippen molar-refractivity contribution in [2.45, 2.75) is 26.2 Å². The molecule has 0 aromatic carbocycles. The number of aryl methyl sites for hydroxylation is 1. The maximum atomic E-state index is 5.55. The molecule has 0 radical (unpaired) electrons. The van der Waals surface area contributed by atoms with E-state index in [0.717, 1.165) is 24.0 Å². The summed E-state index contributed by atoms with van der Waals surface area (Å²) in [6, 6.07) is 1.93. The van der Waals surface area contributed by atoms with Gasteiger partial charge in [0.25, 0.3) is 0 Å². The Bertz CT molecular complexity index is 300. The molecule has 1 aliphatic carbocycles. The predicted molar refractivity (Wildman–Crippen MR) is 57.0 cm³/mol. The van der Waals surface area contributed by atoms with Gasteiger partial charge in [-0.1, -0.05) is 6.42 Å². The minimum absolute atomic E-state index is 0.348. The zero-order valence-electron chi connectivity index (χ0n) is 8.45. The first-order chi connectivity index (χ1) is 6.74. The lowest BCUT2D eigenvalue weighted by atomic mass is 9.85. The maximum Gasteiger partial charge on any atom is 0.222 e. The molecule has 0 atom stereocenters. The van der Waals surface area contributed by atoms with Gasteiger partial charge >= 0.3 is 0 Å². The van der Waals surface area contributed by atoms with Crippen LogP contribution in [0.5, 0.6) is 0 Å². The quantitative estimate of drug-likeness (QED) is 0.763. The summed E-state index contributed by atoms with van der Waals surface area (Å²) in [5, 5.41) is 3.30. The fraction of sp³-hybridized carbons (Fsp3) is 0.600. The lowest BCUT2D eigenvalue weighted by Crippen LogP contribution is -2.21. The normalized spacial score (nSPS) is 16.4. The summed E-state index contributed by atoms with van der Waals surface area (Å²) < 4.78 is 0. The molecule has 3 N–H and O–H groups in total. The molecule has 0 saturated heterocycles. The summed E-state index contributed by atoms with van der Waals surface area (Å²) in [5.74, 6) is 2.02. The molecule has 0 spiro atoms. The van der Waals surface area contributed by atoms with E-state index < -0.39 is 0 Å². The third-order valence-electron chi connectivity index (χ3n) is 2.67. The highest BCUT2D eigenvalue weighted by atomic mass is 15.1. The Balaban J connectivity index is 1.94. The number of rotatable bonds is 3. The molecular weight excluding hydrogens is 176 g/mol. The van der Waals surface area contributed by atoms with Gasteiger partial charge in [0.2, 0.25) is 5.95 Å². The number of aromatic nitrogens is 2. The average Bonchev–Trinajstić information content (AvgIpc) is 1.99. The number of hydrogen-bond donors (Lipinski definition) is 2. The Morgan fingerprint density at radius 2 is 2.29 bits per heavy atom. The standard InChI is InChI=1S/C10H16N4/c1-7-5-9(14-10(11)13-7)12-6-8-3-2-4-8/h5,8H,2-4,6H2,1H3,(H3,11,12,13,14). The van der Waals surface area contributed by atoms with E-state index in [0.29, 0.717) is 5.95 Å². The van der Waals surface area contributed by atoms with Crippen molar-refractivity contribution in [1.82, 2.24) is 9.97 Å². The molecule has 4 nitrogen and oxygen atoms in total. The van der Waals surface area contributed by atoms with Crippen molar-refractivity contribution in [3.63, 3.8) is 0 Å². The van der Waals surface area contributed by atoms with Crippen LogP contribution in [-0.4, -0.2) is 16.5 Å². The molecule has 76 valence electrons. The van der Waals surface area contributed by atoms with Crippen molar-refractivity contribution in [2.75, 3.05) is 17.6 Å². The number of nitrogens with two attached hydrogens (primary N) is 1. The maximum absolute atomic E-state index is 5.55. The third kappa shape index (κ3) is 2.13. The summed E-state index contributed by atoms with van der Waals surface area (Å²) in [5.41, 5.74) is 6.46. The largest absolute Gasteiger partial charge is 0.370 e. The Labute approximate surface area is 83.9 Å². The van der Waals surface area contributed by atoms with Crippen molar-refractivity contribution in [3.05, 3.63) is 11.8 Å². The fourth-order valence-electron chi connectivity index (χ4n) is 1.63. The first-order valence-corrected chi connectivity index (χ1v) is 5.09. The molecule has 1 fully saturated rings. The van der Waals surface area contributed by atoms with Crippen molar-refractivity contribution in [1.29, 1.82) is 0 Å². The average molecular weight is 192 g/mol. The molecule has 1 aromatic heterocycles. The van der Waals surface area contributed by atoms with Gasteiger partial charge in [0.15, 0.2) is 0 Å². The van der Waals surface area contributed by atoms with Crippen LogP contribution in [0.2, 0.25) is 0 Å². The number of nitrogens with one attached hydrogen (secondary N) is 1. The van der Waals surface area contributed by atoms with Crippen molar-refractivity contribution in [2.24, 2.45) is 5.92 Å². The zero-order valence-corrected chi connectivity index (χ0v) is 8.45. The molecule has 14 heavy (non-hydrogen) atoms. The molecule has 1 heterocycles. The van der Waals surface area contributed by atoms with Crippen LogP contribution < -0.4 is 11.1 Å². The van der Waals surface area contributed by atoms with E-state index in [2.05, 4.69) is 15.3 Å². The van der Waals surface area contributed by atoms with Gasteiger partial charge in [0.1, 0.15) is 5.82 Å². The van der Waals surface area contributed by atoms with E-state index in [1.54, 1.807) is 0 Å². The van der Waals surface area contributed by atoms with Crippen LogP contribution in [0, 0.1) is 12.8 Å². The molecule has 1 saturated carbocycles. The number of anilines is 2. The van der Waals surface area contributed by atoms with Crippen molar-refractivity contribution >= 4 is 11.8 Å². The molecule has 0 aliphatic heterocycles. The summed E-state index contributed by atoms with van der Waals surface area (Å²) in [7, 11) is 0. The van der Waals surface area contributed by atoms with E-state index in [1.165, 1.54) is 19.3 Å². The van der Waals surface area contributed by atoms with Gasteiger partial charge in [-0.05, 0) is 25.7 Å². The molecule has 0 bridgehead atoms. The van der Waals surface area contributed by atoms with Crippen LogP contribution in [0.4, 0.5) is 11.8 Å². The fourth-order valence-corrected chi connectivity index (χ4v) is 1.63. The Hall–Kier alpha value is -1.32. The highest BCUT2D eigenvalue weighted by molar-refractivity contribution is 5.40. The molecule has 1 aliphatic rings. The van der Waals surface area contributed by atoms with Gasteiger partial charge < -0.3 is 11.1 Å². The van der Waals surface area contributed by atoms with Gasteiger partial charge in [-0.3, -0.25) is 0 Å². The molecular formula is C10H16N4. The van der Waals surface area contributed by atoms with E-state index in [4.69, 9.17) is 5.73 Å². The predicted octanol–water partition coefficient (Wildman–Crippen LogP) is 1.58. The minimum Gasteiger partial charge on any atom is -0.370 e. The summed E-state index contributed by atoms with van der Waals surface area (Å²) in [6.07, 6.45) is 4.05. The monoisotopic (exact) mass is 192 g/mol. The van der Waals surface area contributed by atoms with Crippen LogP contribution in [0.15, 0.2) is 6.07 Å². The highest BCUT2D eigenvalue weighted by Gasteiger charge is 2.16. The third-order valence-corrected chi connectivity index (χ3v) is 2.67. The zero-order chi connectivity index (χ0) is 9.97. The van der Waals surface area contributed by atoms with Crippen LogP contribution in [0.1, 0.15) is 25.0 Å². The molecule has 2 rings (SSSR count). The lowest BCUT2D eigenvalue weighted by Gasteiger charge is -2.25. The number of hydrogen-bond acceptors (Lipinski definition) is 4. The SMILES string of the molecule is Cc1cc(NCC2CCC2)nc(N)n1. The molecule has 0 unspecified atom stereocenters. The second kappa shape index (κ2) is 3.82. The topological polar surface area (TPSA) is 63.8 Å². The Morgan fingerprint density at radius 3 is 2.86 bits per heavy atom. The second-order valence-corrected chi connectivity index (χ2v) is 3.93. The minimum atomic E-state index is 0.348. The molecule has 0 amide bonds. The summed E-state index contributed by atoms with van der Waals surface area (Å²) in [4.78, 5) is 8.14. The van der Waals surface area contributed by atoms with E-state index in [9.17, 15) is 0 Å². The van der Waals surface area contributed by atoms with Crippen molar-refractivity contribution in [3.8, 4) is 0 Å². The van der Waals surface area contributed by atoms with E-state index >= 15 is 0 Å². The number of nitrogen functional groups attached to an aromatic ring is 1. The van der Waals surface area contributed by atoms with Gasteiger partial charge in [0, 0.05) is 18.3 Å². The van der Waals surface area contributed by atoms with E-state index in [-0.39, 0.29) is 0 Å². The summed E-state index contributed by atoms with van der Waals surface area (Å²) in [6.45, 7) is 2.93. The van der Waals surface area contributed by atoms with Gasteiger partial charge in [0.05, 0.1) is 0 Å². The summed E-state index contributed by atoms with van der Waals surface area (Å²) >= 11 is 0. The Morgan fingerprint density at radius 1 is 1.50 bits per heavy atom. The van der Waals surface area contributed by atoms with Crippen LogP contribution in [0.3, 0.4) is 0 Å². The van der Waals surface area contributed by atoms with E-state index in [1.807, 2.05) is 13.0 Å². The highest BCUT2D eigenvalue weighted by Crippen LogP contribution is 2.26. The lowest BCUT2D eigenvalue weighted by molar-refractivity contribution is 0.333. The first-order valence-electron chi connectivity index (χ1n) is 5.09. The van der Waals surface area contributed by atoms with Gasteiger partial charge in [-0.15, -0.1) is 0 Å². The van der Waals surface area contributed by atoms with Crippen LogP contribution in [-0.2, 0) is 0 Å². The van der Waals surface area contributed by atoms with Crippen molar-refractivity contribution < 1.29 is 0 Å². The van der Waals surface area contributed by atoms with Gasteiger partial charge in [-0.2, -0.15) is 4.98 Å². The molecule has 1 aromatic rings. The Kier molecular flexibility index (Phi) is 2.52. The number of nitrogens with zero attached hydrogens (tertiary/aromatic N) is 2. The second-order valence-electron chi connectivity index (χ2n) is 3.93. The van der Waals surface area contributed by atoms with Crippen LogP contribution in [0.25, 0.3) is 0 Å². The smallest absolute Gasteiger partial charge is 0.222 e. The van der Waals surface area contributed by atoms with Gasteiger partial charge in [-0.25, -0.2) is 4.98 Å².